The van der Waals surface area contributed by atoms with Gasteiger partial charge in [-0.15, -0.1) is 0 Å². The summed E-state index contributed by atoms with van der Waals surface area (Å²) < 4.78 is 1.20. The summed E-state index contributed by atoms with van der Waals surface area (Å²) in [6, 6.07) is 6.40. The Balaban J connectivity index is 1.86. The van der Waals surface area contributed by atoms with E-state index in [1.54, 1.807) is 0 Å². The first-order chi connectivity index (χ1) is 9.19. The first-order valence-electron chi connectivity index (χ1n) is 7.14. The zero-order valence-electron chi connectivity index (χ0n) is 11.1. The summed E-state index contributed by atoms with van der Waals surface area (Å²) in [5.74, 6) is 0. The van der Waals surface area contributed by atoms with Crippen molar-refractivity contribution in [3.63, 3.8) is 0 Å². The van der Waals surface area contributed by atoms with E-state index in [-0.39, 0.29) is 0 Å². The van der Waals surface area contributed by atoms with Gasteiger partial charge in [0.2, 0.25) is 0 Å². The fourth-order valence-corrected chi connectivity index (χ4v) is 4.43. The molecule has 4 heteroatoms. The molecule has 1 saturated heterocycles. The van der Waals surface area contributed by atoms with E-state index in [1.807, 2.05) is 0 Å². The topological polar surface area (TPSA) is 15.3 Å². The Labute approximate surface area is 134 Å². The van der Waals surface area contributed by atoms with E-state index in [0.717, 1.165) is 24.7 Å². The Bertz CT molecular complexity index is 457. The van der Waals surface area contributed by atoms with Crippen molar-refractivity contribution in [1.29, 1.82) is 0 Å². The SMILES string of the molecule is Clc1cc(I)ccc1N1CCCNC2(CCCC2)C1. The summed E-state index contributed by atoms with van der Waals surface area (Å²) in [5.41, 5.74) is 1.54. The Hall–Kier alpha value is -0.000000000000000132. The number of anilines is 1. The predicted molar refractivity (Wildman–Crippen MR) is 90.2 cm³/mol. The number of halogens is 2. The Morgan fingerprint density at radius 2 is 2.00 bits per heavy atom. The molecule has 1 spiro atoms. The molecule has 1 heterocycles. The summed E-state index contributed by atoms with van der Waals surface area (Å²) in [6.45, 7) is 3.35. The lowest BCUT2D eigenvalue weighted by molar-refractivity contribution is 0.354. The van der Waals surface area contributed by atoms with Crippen molar-refractivity contribution in [3.8, 4) is 0 Å². The largest absolute Gasteiger partial charge is 0.368 e. The summed E-state index contributed by atoms with van der Waals surface area (Å²) in [4.78, 5) is 2.49. The minimum Gasteiger partial charge on any atom is -0.368 e. The quantitative estimate of drug-likeness (QED) is 0.728. The molecule has 2 fully saturated rings. The molecule has 1 aromatic carbocycles. The van der Waals surface area contributed by atoms with E-state index in [9.17, 15) is 0 Å². The van der Waals surface area contributed by atoms with Gasteiger partial charge in [0, 0.05) is 22.2 Å². The van der Waals surface area contributed by atoms with Crippen LogP contribution in [0.5, 0.6) is 0 Å². The molecule has 2 nitrogen and oxygen atoms in total. The maximum atomic E-state index is 6.44. The molecule has 2 aliphatic rings. The van der Waals surface area contributed by atoms with E-state index < -0.39 is 0 Å². The second-order valence-corrected chi connectivity index (χ2v) is 7.44. The lowest BCUT2D eigenvalue weighted by Gasteiger charge is -2.34. The van der Waals surface area contributed by atoms with Crippen LogP contribution in [0.25, 0.3) is 0 Å². The predicted octanol–water partition coefficient (Wildman–Crippen LogP) is 4.06. The highest BCUT2D eigenvalue weighted by Gasteiger charge is 2.36. The van der Waals surface area contributed by atoms with Gasteiger partial charge in [-0.1, -0.05) is 24.4 Å². The second kappa shape index (κ2) is 5.78. The van der Waals surface area contributed by atoms with E-state index >= 15 is 0 Å². The van der Waals surface area contributed by atoms with Gasteiger partial charge in [-0.3, -0.25) is 0 Å². The number of nitrogens with one attached hydrogen (secondary N) is 1. The van der Waals surface area contributed by atoms with E-state index in [2.05, 4.69) is 51.0 Å². The minimum atomic E-state index is 0.336. The zero-order chi connectivity index (χ0) is 13.3. The molecule has 1 aromatic rings. The molecular formula is C15H20ClIN2. The Morgan fingerprint density at radius 3 is 2.74 bits per heavy atom. The summed E-state index contributed by atoms with van der Waals surface area (Å²) in [5, 5.41) is 4.69. The third kappa shape index (κ3) is 3.03. The molecule has 19 heavy (non-hydrogen) atoms. The highest BCUT2D eigenvalue weighted by molar-refractivity contribution is 14.1. The number of hydrogen-bond acceptors (Lipinski definition) is 2. The molecule has 104 valence electrons. The van der Waals surface area contributed by atoms with Crippen LogP contribution in [-0.4, -0.2) is 25.2 Å². The van der Waals surface area contributed by atoms with Gasteiger partial charge in [0.1, 0.15) is 0 Å². The van der Waals surface area contributed by atoms with Gasteiger partial charge in [-0.05, 0) is 66.6 Å². The third-order valence-electron chi connectivity index (χ3n) is 4.41. The normalized spacial score (nSPS) is 22.7. The molecule has 0 amide bonds. The number of benzene rings is 1. The van der Waals surface area contributed by atoms with Gasteiger partial charge < -0.3 is 10.2 Å². The van der Waals surface area contributed by atoms with E-state index in [1.165, 1.54) is 41.4 Å². The zero-order valence-corrected chi connectivity index (χ0v) is 14.0. The monoisotopic (exact) mass is 390 g/mol. The summed E-state index contributed by atoms with van der Waals surface area (Å²) in [6.07, 6.45) is 6.55. The first kappa shape index (κ1) is 14.0. The van der Waals surface area contributed by atoms with E-state index in [4.69, 9.17) is 11.6 Å². The number of nitrogens with zero attached hydrogens (tertiary/aromatic N) is 1. The molecule has 0 aromatic heterocycles. The van der Waals surface area contributed by atoms with Crippen LogP contribution in [0.15, 0.2) is 18.2 Å². The van der Waals surface area contributed by atoms with Gasteiger partial charge in [0.05, 0.1) is 10.7 Å². The summed E-state index contributed by atoms with van der Waals surface area (Å²) >= 11 is 8.76. The molecule has 1 aliphatic carbocycles. The van der Waals surface area contributed by atoms with Crippen molar-refractivity contribution in [2.45, 2.75) is 37.6 Å². The lowest BCUT2D eigenvalue weighted by atomic mass is 9.97. The molecule has 1 aliphatic heterocycles. The molecule has 3 rings (SSSR count). The number of rotatable bonds is 1. The highest BCUT2D eigenvalue weighted by atomic mass is 127. The minimum absolute atomic E-state index is 0.336. The Kier molecular flexibility index (Phi) is 4.25. The fraction of sp³-hybridized carbons (Fsp3) is 0.600. The summed E-state index contributed by atoms with van der Waals surface area (Å²) in [7, 11) is 0. The Morgan fingerprint density at radius 1 is 1.21 bits per heavy atom. The first-order valence-corrected chi connectivity index (χ1v) is 8.59. The molecule has 0 unspecified atom stereocenters. The highest BCUT2D eigenvalue weighted by Crippen LogP contribution is 2.35. The molecule has 1 saturated carbocycles. The van der Waals surface area contributed by atoms with Crippen LogP contribution in [0.2, 0.25) is 5.02 Å². The number of hydrogen-bond donors (Lipinski definition) is 1. The van der Waals surface area contributed by atoms with Crippen LogP contribution in [0.1, 0.15) is 32.1 Å². The van der Waals surface area contributed by atoms with Crippen molar-refractivity contribution >= 4 is 39.9 Å². The van der Waals surface area contributed by atoms with Crippen LogP contribution in [-0.2, 0) is 0 Å². The third-order valence-corrected chi connectivity index (χ3v) is 5.38. The molecule has 0 bridgehead atoms. The molecule has 0 atom stereocenters. The van der Waals surface area contributed by atoms with Gasteiger partial charge in [-0.2, -0.15) is 0 Å². The van der Waals surface area contributed by atoms with Crippen molar-refractivity contribution in [2.75, 3.05) is 24.5 Å². The lowest BCUT2D eigenvalue weighted by Crippen LogP contribution is -2.49. The standard InChI is InChI=1S/C15H20ClIN2/c16-13-10-12(17)4-5-14(13)19-9-3-8-18-15(11-19)6-1-2-7-15/h4-5,10,18H,1-3,6-9,11H2. The van der Waals surface area contributed by atoms with E-state index in [0.29, 0.717) is 5.54 Å². The van der Waals surface area contributed by atoms with Crippen molar-refractivity contribution in [2.24, 2.45) is 0 Å². The van der Waals surface area contributed by atoms with Crippen molar-refractivity contribution < 1.29 is 0 Å². The van der Waals surface area contributed by atoms with Crippen LogP contribution in [0.4, 0.5) is 5.69 Å². The molecule has 1 N–H and O–H groups in total. The van der Waals surface area contributed by atoms with Gasteiger partial charge in [-0.25, -0.2) is 0 Å². The van der Waals surface area contributed by atoms with Crippen LogP contribution < -0.4 is 10.2 Å². The van der Waals surface area contributed by atoms with Crippen LogP contribution in [0, 0.1) is 3.57 Å². The van der Waals surface area contributed by atoms with Gasteiger partial charge in [0.25, 0.3) is 0 Å². The maximum absolute atomic E-state index is 6.44. The average Bonchev–Trinajstić information content (AvgIpc) is 2.71. The molecule has 0 radical (unpaired) electrons. The van der Waals surface area contributed by atoms with Crippen molar-refractivity contribution in [3.05, 3.63) is 26.8 Å². The molecular weight excluding hydrogens is 371 g/mol. The average molecular weight is 391 g/mol. The van der Waals surface area contributed by atoms with Gasteiger partial charge >= 0.3 is 0 Å². The van der Waals surface area contributed by atoms with Gasteiger partial charge in [0.15, 0.2) is 0 Å². The second-order valence-electron chi connectivity index (χ2n) is 5.79. The van der Waals surface area contributed by atoms with Crippen LogP contribution in [0.3, 0.4) is 0 Å². The fourth-order valence-electron chi connectivity index (χ4n) is 3.45. The van der Waals surface area contributed by atoms with Crippen LogP contribution >= 0.6 is 34.2 Å². The maximum Gasteiger partial charge on any atom is 0.0650 e. The smallest absolute Gasteiger partial charge is 0.0650 e. The van der Waals surface area contributed by atoms with Crippen molar-refractivity contribution in [1.82, 2.24) is 5.32 Å².